The molecule has 3 aromatic rings. The van der Waals surface area contributed by atoms with Gasteiger partial charge in [-0.1, -0.05) is 48.0 Å². The summed E-state index contributed by atoms with van der Waals surface area (Å²) < 4.78 is 19.4. The summed E-state index contributed by atoms with van der Waals surface area (Å²) in [6, 6.07) is 12.3. The van der Waals surface area contributed by atoms with Crippen LogP contribution < -0.4 is 15.0 Å². The van der Waals surface area contributed by atoms with Gasteiger partial charge in [0.2, 0.25) is 0 Å². The van der Waals surface area contributed by atoms with Crippen LogP contribution in [0.4, 0.5) is 17.1 Å². The van der Waals surface area contributed by atoms with Gasteiger partial charge in [0.25, 0.3) is 0 Å². The summed E-state index contributed by atoms with van der Waals surface area (Å²) in [4.78, 5) is 27.0. The van der Waals surface area contributed by atoms with Crippen molar-refractivity contribution in [3.05, 3.63) is 52.9 Å². The minimum Gasteiger partial charge on any atom is -0.495 e. The Balaban J connectivity index is 1.46. The van der Waals surface area contributed by atoms with Crippen LogP contribution in [0.15, 0.2) is 40.9 Å². The molecule has 0 saturated heterocycles. The molecule has 6 rings (SSSR count). The van der Waals surface area contributed by atoms with Gasteiger partial charge in [0.15, 0.2) is 17.5 Å². The molecular weight excluding hydrogens is 703 g/mol. The fraction of sp³-hybridized carbons (Fsp3) is 0.578. The zero-order valence-electron chi connectivity index (χ0n) is 35.3. The van der Waals surface area contributed by atoms with Crippen LogP contribution in [0, 0.1) is 36.0 Å². The van der Waals surface area contributed by atoms with E-state index in [9.17, 15) is 10.1 Å². The highest BCUT2D eigenvalue weighted by Crippen LogP contribution is 2.46. The van der Waals surface area contributed by atoms with Gasteiger partial charge in [0.1, 0.15) is 35.8 Å². The van der Waals surface area contributed by atoms with Crippen LogP contribution in [0.3, 0.4) is 0 Å². The van der Waals surface area contributed by atoms with E-state index in [4.69, 9.17) is 29.3 Å². The van der Waals surface area contributed by atoms with Crippen molar-refractivity contribution in [2.45, 2.75) is 131 Å². The van der Waals surface area contributed by atoms with Crippen molar-refractivity contribution in [3.8, 4) is 23.2 Å². The lowest BCUT2D eigenvalue weighted by Gasteiger charge is -2.48. The standard InChI is InChI=1S/C45H61N7O4/c1-12-14-17-51-37-20-27(4)35(22-33(37)30(7)23-45(51,9)10)48-42-34(24-46)39(44(53)56-40-28(5)18-26(3)19-29(40)6)43-49-41(50-52(42)43)32-15-16-38(54-11)36(21-32)47-25-55-31(8)13-2/h15-16,20-22,26,28-31,40,47H,12-14,17-19,23,25H2,1-11H3. The molecule has 0 radical (unpaired) electrons. The van der Waals surface area contributed by atoms with Crippen LogP contribution in [0.2, 0.25) is 0 Å². The quantitative estimate of drug-likeness (QED) is 0.134. The molecule has 0 bridgehead atoms. The van der Waals surface area contributed by atoms with E-state index in [0.29, 0.717) is 35.7 Å². The van der Waals surface area contributed by atoms with Crippen molar-refractivity contribution < 1.29 is 19.0 Å². The van der Waals surface area contributed by atoms with Gasteiger partial charge >= 0.3 is 5.97 Å². The van der Waals surface area contributed by atoms with Crippen LogP contribution >= 0.6 is 0 Å². The van der Waals surface area contributed by atoms with E-state index in [1.165, 1.54) is 11.3 Å². The highest BCUT2D eigenvalue weighted by atomic mass is 16.5. The highest BCUT2D eigenvalue weighted by molar-refractivity contribution is 6.30. The number of carbonyl (C=O) groups is 1. The van der Waals surface area contributed by atoms with Crippen molar-refractivity contribution in [1.29, 1.82) is 5.26 Å². The number of hydrogen-bond donors (Lipinski definition) is 1. The normalized spacial score (nSPS) is 24.1. The first kappa shape index (κ1) is 41.0. The van der Waals surface area contributed by atoms with Crippen molar-refractivity contribution in [2.75, 3.05) is 30.6 Å². The van der Waals surface area contributed by atoms with Gasteiger partial charge in [-0.05, 0) is 125 Å². The van der Waals surface area contributed by atoms with Gasteiger partial charge in [-0.25, -0.2) is 14.8 Å². The van der Waals surface area contributed by atoms with E-state index >= 15 is 0 Å². The number of nitrogens with one attached hydrogen (secondary N) is 1. The van der Waals surface area contributed by atoms with E-state index < -0.39 is 5.97 Å². The number of nitrogens with zero attached hydrogens (tertiary/aromatic N) is 6. The van der Waals surface area contributed by atoms with E-state index in [1.807, 2.05) is 25.1 Å². The number of ether oxygens (including phenoxy) is 3. The number of unbranched alkanes of at least 4 members (excludes halogenated alkanes) is 1. The zero-order valence-corrected chi connectivity index (χ0v) is 35.3. The lowest BCUT2D eigenvalue weighted by molar-refractivity contribution is -0.150. The largest absolute Gasteiger partial charge is 0.495 e. The maximum absolute atomic E-state index is 14.4. The number of allylic oxidation sites excluding steroid dienone is 1. The maximum atomic E-state index is 14.4. The predicted molar refractivity (Wildman–Crippen MR) is 224 cm³/mol. The van der Waals surface area contributed by atoms with Gasteiger partial charge in [0, 0.05) is 23.3 Å². The van der Waals surface area contributed by atoms with E-state index in [0.717, 1.165) is 62.0 Å². The summed E-state index contributed by atoms with van der Waals surface area (Å²) >= 11 is 0. The van der Waals surface area contributed by atoms with E-state index in [2.05, 4.69) is 90.7 Å². The average Bonchev–Trinajstić information content (AvgIpc) is 3.70. The Morgan fingerprint density at radius 2 is 1.86 bits per heavy atom. The Bertz CT molecular complexity index is 2030. The molecular formula is C45H61N7O4. The number of nitriles is 1. The first-order valence-electron chi connectivity index (χ1n) is 20.6. The van der Waals surface area contributed by atoms with Crippen molar-refractivity contribution in [3.63, 3.8) is 0 Å². The third-order valence-electron chi connectivity index (χ3n) is 12.1. The Morgan fingerprint density at radius 1 is 1.12 bits per heavy atom. The lowest BCUT2D eigenvalue weighted by Crippen LogP contribution is -2.48. The van der Waals surface area contributed by atoms with Crippen LogP contribution in [-0.2, 0) is 14.3 Å². The smallest absolute Gasteiger partial charge is 0.343 e. The van der Waals surface area contributed by atoms with Crippen molar-refractivity contribution in [2.24, 2.45) is 22.7 Å². The van der Waals surface area contributed by atoms with Gasteiger partial charge in [0.05, 0.1) is 24.6 Å². The SMILES string of the molecule is CCCCN1c2cc(C)c(N=C3C(C#N)=C(C(=O)OC4C(C)CC(C)CC4C)c4nc(-c5ccc(OC)c(NCOC(C)CC)c5)nn43)cc2C(C)CC1(C)C. The number of rotatable bonds is 13. The first-order chi connectivity index (χ1) is 26.7. The molecule has 0 amide bonds. The number of aliphatic imine (C=N–C) groups is 1. The maximum Gasteiger partial charge on any atom is 0.343 e. The molecule has 11 nitrogen and oxygen atoms in total. The van der Waals surface area contributed by atoms with Gasteiger partial charge in [-0.3, -0.25) is 0 Å². The number of anilines is 2. The predicted octanol–water partition coefficient (Wildman–Crippen LogP) is 9.82. The minimum atomic E-state index is -0.575. The number of methoxy groups -OCH3 is 1. The summed E-state index contributed by atoms with van der Waals surface area (Å²) in [6.45, 7) is 23.1. The number of carbonyl (C=O) groups excluding carboxylic acids is 1. The number of hydrogen-bond acceptors (Lipinski definition) is 10. The Labute approximate surface area is 333 Å². The number of aryl methyl sites for hydroxylation is 1. The lowest BCUT2D eigenvalue weighted by atomic mass is 9.75. The van der Waals surface area contributed by atoms with Gasteiger partial charge in [-0.15, -0.1) is 5.10 Å². The first-order valence-corrected chi connectivity index (χ1v) is 20.6. The molecule has 2 aromatic carbocycles. The number of fused-ring (bicyclic) bond motifs is 2. The monoisotopic (exact) mass is 763 g/mol. The molecule has 1 aliphatic carbocycles. The Kier molecular flexibility index (Phi) is 12.3. The van der Waals surface area contributed by atoms with Crippen LogP contribution in [0.25, 0.3) is 17.0 Å². The molecule has 1 N–H and O–H groups in total. The number of benzene rings is 2. The molecule has 3 aliphatic rings. The highest BCUT2D eigenvalue weighted by Gasteiger charge is 2.41. The molecule has 4 atom stereocenters. The molecule has 56 heavy (non-hydrogen) atoms. The summed E-state index contributed by atoms with van der Waals surface area (Å²) in [5, 5.41) is 19.0. The fourth-order valence-corrected chi connectivity index (χ4v) is 9.05. The van der Waals surface area contributed by atoms with E-state index in [-0.39, 0.29) is 52.4 Å². The molecule has 1 aromatic heterocycles. The second kappa shape index (κ2) is 16.8. The number of aromatic nitrogens is 3. The van der Waals surface area contributed by atoms with E-state index in [1.54, 1.807) is 11.8 Å². The zero-order chi connectivity index (χ0) is 40.5. The second-order valence-electron chi connectivity index (χ2n) is 17.1. The Hall–Kier alpha value is -4.69. The summed E-state index contributed by atoms with van der Waals surface area (Å²) in [6.07, 6.45) is 5.91. The minimum absolute atomic E-state index is 0.0219. The van der Waals surface area contributed by atoms with Crippen LogP contribution in [0.5, 0.6) is 5.75 Å². The van der Waals surface area contributed by atoms with Gasteiger partial charge in [-0.2, -0.15) is 9.94 Å². The molecule has 2 aliphatic heterocycles. The van der Waals surface area contributed by atoms with Crippen molar-refractivity contribution in [1.82, 2.24) is 14.8 Å². The summed E-state index contributed by atoms with van der Waals surface area (Å²) in [5.74, 6) is 2.17. The fourth-order valence-electron chi connectivity index (χ4n) is 9.05. The summed E-state index contributed by atoms with van der Waals surface area (Å²) in [7, 11) is 1.62. The third kappa shape index (κ3) is 8.08. The molecule has 11 heteroatoms. The van der Waals surface area contributed by atoms with Crippen molar-refractivity contribution >= 4 is 34.4 Å². The molecule has 4 unspecified atom stereocenters. The Morgan fingerprint density at radius 3 is 2.52 bits per heavy atom. The molecule has 300 valence electrons. The summed E-state index contributed by atoms with van der Waals surface area (Å²) in [5.41, 5.74) is 5.81. The van der Waals surface area contributed by atoms with Crippen LogP contribution in [-0.4, -0.2) is 64.7 Å². The molecule has 3 heterocycles. The van der Waals surface area contributed by atoms with Crippen LogP contribution in [0.1, 0.15) is 124 Å². The average molecular weight is 764 g/mol. The molecule has 1 fully saturated rings. The second-order valence-corrected chi connectivity index (χ2v) is 17.1. The molecule has 1 saturated carbocycles. The topological polar surface area (TPSA) is 127 Å². The van der Waals surface area contributed by atoms with Gasteiger partial charge < -0.3 is 24.4 Å². The number of esters is 1. The molecule has 0 spiro atoms. The third-order valence-corrected chi connectivity index (χ3v) is 12.1.